The van der Waals surface area contributed by atoms with Gasteiger partial charge in [-0.1, -0.05) is 25.1 Å². The first-order valence-corrected chi connectivity index (χ1v) is 7.76. The highest BCUT2D eigenvalue weighted by atomic mass is 32.1. The molecule has 3 heteroatoms. The number of hydrogen-bond donors (Lipinski definition) is 1. The van der Waals surface area contributed by atoms with E-state index < -0.39 is 0 Å². The summed E-state index contributed by atoms with van der Waals surface area (Å²) < 4.78 is 0. The van der Waals surface area contributed by atoms with Gasteiger partial charge in [0.2, 0.25) is 0 Å². The molecule has 0 aliphatic heterocycles. The lowest BCUT2D eigenvalue weighted by atomic mass is 10.1. The molecule has 0 fully saturated rings. The fourth-order valence-corrected chi connectivity index (χ4v) is 3.79. The smallest absolute Gasteiger partial charge is 0.0708 e. The standard InChI is InChI=1S/C17H18N2S/c1-3-14(18-2)17-10-9-16(20-17)13-6-4-8-15-12(13)7-5-11-19-15/h4-11,14,18H,3H2,1-2H3. The van der Waals surface area contributed by atoms with E-state index >= 15 is 0 Å². The molecule has 1 unspecified atom stereocenters. The summed E-state index contributed by atoms with van der Waals surface area (Å²) in [6, 6.07) is 15.4. The van der Waals surface area contributed by atoms with Crippen LogP contribution in [0.5, 0.6) is 0 Å². The van der Waals surface area contributed by atoms with Gasteiger partial charge in [0.15, 0.2) is 0 Å². The van der Waals surface area contributed by atoms with E-state index in [0.29, 0.717) is 6.04 Å². The molecule has 0 saturated carbocycles. The van der Waals surface area contributed by atoms with Gasteiger partial charge in [-0.25, -0.2) is 0 Å². The molecule has 1 atom stereocenters. The van der Waals surface area contributed by atoms with Gasteiger partial charge in [-0.15, -0.1) is 11.3 Å². The Morgan fingerprint density at radius 1 is 1.15 bits per heavy atom. The number of fused-ring (bicyclic) bond motifs is 1. The van der Waals surface area contributed by atoms with Crippen molar-refractivity contribution in [2.75, 3.05) is 7.05 Å². The van der Waals surface area contributed by atoms with Crippen LogP contribution in [0.1, 0.15) is 24.3 Å². The number of nitrogens with zero attached hydrogens (tertiary/aromatic N) is 1. The second-order valence-corrected chi connectivity index (χ2v) is 5.94. The zero-order chi connectivity index (χ0) is 13.9. The van der Waals surface area contributed by atoms with Crippen LogP contribution < -0.4 is 5.32 Å². The van der Waals surface area contributed by atoms with Crippen molar-refractivity contribution < 1.29 is 0 Å². The van der Waals surface area contributed by atoms with E-state index in [-0.39, 0.29) is 0 Å². The van der Waals surface area contributed by atoms with Gasteiger partial charge in [-0.3, -0.25) is 4.98 Å². The number of rotatable bonds is 4. The number of thiophene rings is 1. The largest absolute Gasteiger partial charge is 0.312 e. The van der Waals surface area contributed by atoms with Crippen molar-refractivity contribution >= 4 is 22.2 Å². The second-order valence-electron chi connectivity index (χ2n) is 4.83. The highest BCUT2D eigenvalue weighted by Crippen LogP contribution is 2.35. The molecule has 0 spiro atoms. The second kappa shape index (κ2) is 5.73. The van der Waals surface area contributed by atoms with Gasteiger partial charge in [0, 0.05) is 32.9 Å². The molecule has 20 heavy (non-hydrogen) atoms. The maximum atomic E-state index is 4.43. The molecule has 0 amide bonds. The van der Waals surface area contributed by atoms with Gasteiger partial charge in [0.1, 0.15) is 0 Å². The van der Waals surface area contributed by atoms with Crippen molar-refractivity contribution in [2.45, 2.75) is 19.4 Å². The number of hydrogen-bond acceptors (Lipinski definition) is 3. The third-order valence-corrected chi connectivity index (χ3v) is 4.87. The summed E-state index contributed by atoms with van der Waals surface area (Å²) >= 11 is 1.87. The van der Waals surface area contributed by atoms with Gasteiger partial charge in [-0.2, -0.15) is 0 Å². The van der Waals surface area contributed by atoms with Crippen molar-refractivity contribution in [3.8, 4) is 10.4 Å². The van der Waals surface area contributed by atoms with Crippen LogP contribution >= 0.6 is 11.3 Å². The molecule has 0 aliphatic carbocycles. The minimum absolute atomic E-state index is 0.446. The van der Waals surface area contributed by atoms with Crippen molar-refractivity contribution in [2.24, 2.45) is 0 Å². The van der Waals surface area contributed by atoms with Crippen LogP contribution in [0, 0.1) is 0 Å². The number of nitrogens with one attached hydrogen (secondary N) is 1. The topological polar surface area (TPSA) is 24.9 Å². The van der Waals surface area contributed by atoms with E-state index in [1.165, 1.54) is 20.7 Å². The molecule has 1 aromatic carbocycles. The van der Waals surface area contributed by atoms with Crippen LogP contribution in [-0.2, 0) is 0 Å². The average Bonchev–Trinajstić information content (AvgIpc) is 2.97. The highest BCUT2D eigenvalue weighted by Gasteiger charge is 2.12. The summed E-state index contributed by atoms with van der Waals surface area (Å²) in [7, 11) is 2.02. The maximum absolute atomic E-state index is 4.43. The van der Waals surface area contributed by atoms with Crippen LogP contribution in [0.15, 0.2) is 48.7 Å². The zero-order valence-electron chi connectivity index (χ0n) is 11.8. The van der Waals surface area contributed by atoms with E-state index in [1.807, 2.05) is 30.6 Å². The van der Waals surface area contributed by atoms with E-state index in [0.717, 1.165) is 11.9 Å². The third kappa shape index (κ3) is 2.35. The first-order chi connectivity index (χ1) is 9.83. The SMILES string of the molecule is CCC(NC)c1ccc(-c2cccc3ncccc23)s1. The van der Waals surface area contributed by atoms with Gasteiger partial charge in [0.25, 0.3) is 0 Å². The van der Waals surface area contributed by atoms with Crippen LogP contribution in [-0.4, -0.2) is 12.0 Å². The Morgan fingerprint density at radius 2 is 2.05 bits per heavy atom. The van der Waals surface area contributed by atoms with Crippen LogP contribution in [0.4, 0.5) is 0 Å². The van der Waals surface area contributed by atoms with Crippen LogP contribution in [0.25, 0.3) is 21.3 Å². The number of aromatic nitrogens is 1. The molecule has 2 heterocycles. The Morgan fingerprint density at radius 3 is 2.85 bits per heavy atom. The fraction of sp³-hybridized carbons (Fsp3) is 0.235. The molecule has 0 aliphatic rings. The van der Waals surface area contributed by atoms with Gasteiger partial charge in [-0.05, 0) is 37.7 Å². The lowest BCUT2D eigenvalue weighted by Crippen LogP contribution is -2.13. The molecule has 2 aromatic heterocycles. The van der Waals surface area contributed by atoms with E-state index in [2.05, 4.69) is 53.6 Å². The van der Waals surface area contributed by atoms with Crippen molar-refractivity contribution in [3.05, 3.63) is 53.5 Å². The average molecular weight is 282 g/mol. The van der Waals surface area contributed by atoms with Crippen molar-refractivity contribution in [3.63, 3.8) is 0 Å². The van der Waals surface area contributed by atoms with E-state index in [9.17, 15) is 0 Å². The van der Waals surface area contributed by atoms with E-state index in [4.69, 9.17) is 0 Å². The van der Waals surface area contributed by atoms with Gasteiger partial charge < -0.3 is 5.32 Å². The lowest BCUT2D eigenvalue weighted by molar-refractivity contribution is 0.586. The molecule has 3 rings (SSSR count). The van der Waals surface area contributed by atoms with Crippen molar-refractivity contribution in [1.82, 2.24) is 10.3 Å². The van der Waals surface area contributed by atoms with Gasteiger partial charge >= 0.3 is 0 Å². The highest BCUT2D eigenvalue weighted by molar-refractivity contribution is 7.15. The van der Waals surface area contributed by atoms with Crippen LogP contribution in [0.2, 0.25) is 0 Å². The molecule has 3 aromatic rings. The first-order valence-electron chi connectivity index (χ1n) is 6.94. The maximum Gasteiger partial charge on any atom is 0.0708 e. The minimum atomic E-state index is 0.446. The molecular weight excluding hydrogens is 264 g/mol. The third-order valence-electron chi connectivity index (χ3n) is 3.64. The molecule has 102 valence electrons. The lowest BCUT2D eigenvalue weighted by Gasteiger charge is -2.10. The minimum Gasteiger partial charge on any atom is -0.312 e. The summed E-state index contributed by atoms with van der Waals surface area (Å²) in [5.41, 5.74) is 2.33. The Balaban J connectivity index is 2.08. The molecule has 0 bridgehead atoms. The predicted octanol–water partition coefficient (Wildman–Crippen LogP) is 4.63. The summed E-state index contributed by atoms with van der Waals surface area (Å²) in [6.45, 7) is 2.21. The molecule has 1 N–H and O–H groups in total. The summed E-state index contributed by atoms with van der Waals surface area (Å²) in [5, 5.41) is 4.59. The van der Waals surface area contributed by atoms with Crippen LogP contribution in [0.3, 0.4) is 0 Å². The van der Waals surface area contributed by atoms with Crippen molar-refractivity contribution in [1.29, 1.82) is 0 Å². The van der Waals surface area contributed by atoms with E-state index in [1.54, 1.807) is 0 Å². The molecule has 0 saturated heterocycles. The summed E-state index contributed by atoms with van der Waals surface area (Å²) in [4.78, 5) is 7.14. The summed E-state index contributed by atoms with van der Waals surface area (Å²) in [6.07, 6.45) is 2.95. The number of pyridine rings is 1. The predicted molar refractivity (Wildman–Crippen MR) is 87.1 cm³/mol. The Bertz CT molecular complexity index is 708. The number of benzene rings is 1. The fourth-order valence-electron chi connectivity index (χ4n) is 2.55. The Hall–Kier alpha value is -1.71. The summed E-state index contributed by atoms with van der Waals surface area (Å²) in [5.74, 6) is 0. The Labute approximate surface area is 123 Å². The normalized spacial score (nSPS) is 12.7. The monoisotopic (exact) mass is 282 g/mol. The molecule has 0 radical (unpaired) electrons. The zero-order valence-corrected chi connectivity index (χ0v) is 12.6. The molecule has 2 nitrogen and oxygen atoms in total. The quantitative estimate of drug-likeness (QED) is 0.754. The first kappa shape index (κ1) is 13.3. The van der Waals surface area contributed by atoms with Gasteiger partial charge in [0.05, 0.1) is 5.52 Å². The Kier molecular flexibility index (Phi) is 3.81. The molecular formula is C17H18N2S.